The molecule has 8 nitrogen and oxygen atoms in total. The minimum absolute atomic E-state index is 0.164. The van der Waals surface area contributed by atoms with Crippen molar-refractivity contribution in [3.8, 4) is 11.4 Å². The molecule has 1 aromatic carbocycles. The zero-order valence-corrected chi connectivity index (χ0v) is 17.9. The van der Waals surface area contributed by atoms with E-state index in [0.717, 1.165) is 35.7 Å². The van der Waals surface area contributed by atoms with E-state index >= 15 is 0 Å². The normalized spacial score (nSPS) is 15.0. The number of hydrogen-bond acceptors (Lipinski definition) is 7. The molecule has 9 heteroatoms. The Morgan fingerprint density at radius 2 is 1.80 bits per heavy atom. The van der Waals surface area contributed by atoms with Gasteiger partial charge in [-0.1, -0.05) is 21.9 Å². The van der Waals surface area contributed by atoms with Gasteiger partial charge in [0, 0.05) is 48.7 Å². The first-order chi connectivity index (χ1) is 14.5. The predicted octanol–water partition coefficient (Wildman–Crippen LogP) is 3.27. The molecule has 0 unspecified atom stereocenters. The molecule has 0 atom stereocenters. The van der Waals surface area contributed by atoms with Crippen LogP contribution >= 0.6 is 11.6 Å². The molecule has 0 bridgehead atoms. The quantitative estimate of drug-likeness (QED) is 0.594. The largest absolute Gasteiger partial charge is 0.361 e. The van der Waals surface area contributed by atoms with Gasteiger partial charge in [-0.3, -0.25) is 9.69 Å². The maximum atomic E-state index is 12.6. The summed E-state index contributed by atoms with van der Waals surface area (Å²) >= 11 is 5.92. The van der Waals surface area contributed by atoms with Crippen LogP contribution in [0.5, 0.6) is 0 Å². The van der Waals surface area contributed by atoms with Crippen molar-refractivity contribution < 1.29 is 13.8 Å². The summed E-state index contributed by atoms with van der Waals surface area (Å²) in [5.74, 6) is 2.08. The first-order valence-electron chi connectivity index (χ1n) is 10.00. The Labute approximate surface area is 179 Å². The van der Waals surface area contributed by atoms with Gasteiger partial charge in [0.15, 0.2) is 0 Å². The lowest BCUT2D eigenvalue weighted by atomic mass is 10.1. The number of carbonyl (C=O) groups is 1. The molecule has 4 rings (SSSR count). The third kappa shape index (κ3) is 4.71. The van der Waals surface area contributed by atoms with E-state index in [9.17, 15) is 4.79 Å². The fourth-order valence-corrected chi connectivity index (χ4v) is 3.76. The van der Waals surface area contributed by atoms with Gasteiger partial charge in [-0.15, -0.1) is 0 Å². The van der Waals surface area contributed by atoms with E-state index in [1.165, 1.54) is 0 Å². The minimum atomic E-state index is 0.164. The van der Waals surface area contributed by atoms with Gasteiger partial charge in [0.2, 0.25) is 17.6 Å². The second-order valence-corrected chi connectivity index (χ2v) is 7.91. The van der Waals surface area contributed by atoms with Crippen LogP contribution in [0.3, 0.4) is 0 Å². The van der Waals surface area contributed by atoms with E-state index in [-0.39, 0.29) is 5.91 Å². The smallest absolute Gasteiger partial charge is 0.241 e. The average Bonchev–Trinajstić information content (AvgIpc) is 3.34. The van der Waals surface area contributed by atoms with Crippen LogP contribution in [0.2, 0.25) is 5.02 Å². The highest BCUT2D eigenvalue weighted by molar-refractivity contribution is 6.30. The Hall–Kier alpha value is -2.71. The Kier molecular flexibility index (Phi) is 6.15. The summed E-state index contributed by atoms with van der Waals surface area (Å²) in [4.78, 5) is 21.2. The molecular formula is C21H24ClN5O3. The van der Waals surface area contributed by atoms with Crippen LogP contribution in [0.4, 0.5) is 0 Å². The van der Waals surface area contributed by atoms with Crippen molar-refractivity contribution in [2.24, 2.45) is 0 Å². The summed E-state index contributed by atoms with van der Waals surface area (Å²) in [6, 6.07) is 7.33. The highest BCUT2D eigenvalue weighted by atomic mass is 35.5. The summed E-state index contributed by atoms with van der Waals surface area (Å²) < 4.78 is 10.6. The number of aryl methyl sites for hydroxylation is 2. The molecule has 0 radical (unpaired) electrons. The molecule has 1 amide bonds. The first-order valence-corrected chi connectivity index (χ1v) is 10.4. The Bertz CT molecular complexity index is 987. The van der Waals surface area contributed by atoms with Gasteiger partial charge in [-0.2, -0.15) is 4.98 Å². The van der Waals surface area contributed by atoms with E-state index in [2.05, 4.69) is 20.2 Å². The second kappa shape index (κ2) is 8.97. The number of hydrogen-bond donors (Lipinski definition) is 0. The van der Waals surface area contributed by atoms with Crippen molar-refractivity contribution in [3.05, 3.63) is 52.2 Å². The van der Waals surface area contributed by atoms with Gasteiger partial charge in [0.05, 0.1) is 12.2 Å². The van der Waals surface area contributed by atoms with E-state index in [1.807, 2.05) is 30.9 Å². The van der Waals surface area contributed by atoms with Crippen molar-refractivity contribution >= 4 is 17.5 Å². The van der Waals surface area contributed by atoms with Crippen LogP contribution in [0, 0.1) is 13.8 Å². The molecule has 3 heterocycles. The zero-order chi connectivity index (χ0) is 21.1. The third-order valence-corrected chi connectivity index (χ3v) is 5.68. The molecule has 30 heavy (non-hydrogen) atoms. The maximum Gasteiger partial charge on any atom is 0.241 e. The van der Waals surface area contributed by atoms with E-state index < -0.39 is 0 Å². The van der Waals surface area contributed by atoms with Gasteiger partial charge in [0.1, 0.15) is 5.76 Å². The molecule has 0 spiro atoms. The number of piperazine rings is 1. The van der Waals surface area contributed by atoms with Crippen molar-refractivity contribution in [3.63, 3.8) is 0 Å². The molecule has 0 N–H and O–H groups in total. The Balaban J connectivity index is 1.25. The van der Waals surface area contributed by atoms with Gasteiger partial charge in [-0.25, -0.2) is 0 Å². The van der Waals surface area contributed by atoms with Crippen molar-refractivity contribution in [2.75, 3.05) is 26.2 Å². The van der Waals surface area contributed by atoms with Crippen LogP contribution in [0.15, 0.2) is 33.3 Å². The van der Waals surface area contributed by atoms with E-state index in [1.54, 1.807) is 12.1 Å². The lowest BCUT2D eigenvalue weighted by Gasteiger charge is -2.34. The van der Waals surface area contributed by atoms with Gasteiger partial charge in [-0.05, 0) is 44.5 Å². The monoisotopic (exact) mass is 429 g/mol. The lowest BCUT2D eigenvalue weighted by Crippen LogP contribution is -2.48. The van der Waals surface area contributed by atoms with Crippen LogP contribution in [0.25, 0.3) is 11.4 Å². The molecule has 1 fully saturated rings. The molecular weight excluding hydrogens is 406 g/mol. The summed E-state index contributed by atoms with van der Waals surface area (Å²) in [6.45, 7) is 7.30. The topological polar surface area (TPSA) is 88.5 Å². The Morgan fingerprint density at radius 1 is 1.07 bits per heavy atom. The van der Waals surface area contributed by atoms with Gasteiger partial charge < -0.3 is 13.9 Å². The highest BCUT2D eigenvalue weighted by Gasteiger charge is 2.23. The van der Waals surface area contributed by atoms with Gasteiger partial charge in [0.25, 0.3) is 0 Å². The fraction of sp³-hybridized carbons (Fsp3) is 0.429. The van der Waals surface area contributed by atoms with Crippen LogP contribution in [-0.4, -0.2) is 57.2 Å². The molecule has 1 aliphatic heterocycles. The molecule has 158 valence electrons. The molecule has 0 saturated carbocycles. The summed E-state index contributed by atoms with van der Waals surface area (Å²) in [5, 5.41) is 8.67. The maximum absolute atomic E-state index is 12.6. The lowest BCUT2D eigenvalue weighted by molar-refractivity contribution is -0.133. The van der Waals surface area contributed by atoms with Crippen LogP contribution in [0.1, 0.15) is 29.3 Å². The zero-order valence-electron chi connectivity index (χ0n) is 17.1. The van der Waals surface area contributed by atoms with Crippen LogP contribution < -0.4 is 0 Å². The average molecular weight is 430 g/mol. The van der Waals surface area contributed by atoms with E-state index in [4.69, 9.17) is 20.6 Å². The van der Waals surface area contributed by atoms with Crippen LogP contribution in [-0.2, 0) is 17.8 Å². The minimum Gasteiger partial charge on any atom is -0.361 e. The van der Waals surface area contributed by atoms with Gasteiger partial charge >= 0.3 is 0 Å². The standard InChI is InChI=1S/C21H24ClN5O3/c1-14-18(15(2)29-24-14)7-8-20(28)27-11-9-26(10-12-27)13-19-23-21(25-30-19)16-3-5-17(22)6-4-16/h3-6H,7-13H2,1-2H3. The number of amides is 1. The van der Waals surface area contributed by atoms with E-state index in [0.29, 0.717) is 49.2 Å². The summed E-state index contributed by atoms with van der Waals surface area (Å²) in [6.07, 6.45) is 1.13. The number of carbonyl (C=O) groups excluding carboxylic acids is 1. The third-order valence-electron chi connectivity index (χ3n) is 5.42. The van der Waals surface area contributed by atoms with Crippen molar-refractivity contribution in [1.82, 2.24) is 25.1 Å². The fourth-order valence-electron chi connectivity index (χ4n) is 3.63. The predicted molar refractivity (Wildman–Crippen MR) is 111 cm³/mol. The molecule has 3 aromatic rings. The molecule has 1 saturated heterocycles. The molecule has 0 aliphatic carbocycles. The second-order valence-electron chi connectivity index (χ2n) is 7.48. The number of aromatic nitrogens is 3. The summed E-state index contributed by atoms with van der Waals surface area (Å²) in [7, 11) is 0. The van der Waals surface area contributed by atoms with Crippen molar-refractivity contribution in [1.29, 1.82) is 0 Å². The highest BCUT2D eigenvalue weighted by Crippen LogP contribution is 2.20. The van der Waals surface area contributed by atoms with Crippen molar-refractivity contribution in [2.45, 2.75) is 33.2 Å². The molecule has 1 aliphatic rings. The number of rotatable bonds is 6. The summed E-state index contributed by atoms with van der Waals surface area (Å²) in [5.41, 5.74) is 2.76. The Morgan fingerprint density at radius 3 is 2.47 bits per heavy atom. The molecule has 2 aromatic heterocycles. The SMILES string of the molecule is Cc1noc(C)c1CCC(=O)N1CCN(Cc2nc(-c3ccc(Cl)cc3)no2)CC1. The number of benzene rings is 1. The number of nitrogens with zero attached hydrogens (tertiary/aromatic N) is 5. The first kappa shape index (κ1) is 20.6. The number of halogens is 1.